The highest BCUT2D eigenvalue weighted by molar-refractivity contribution is 5.97. The maximum Gasteiger partial charge on any atom is 0.310 e. The molecule has 170 valence electrons. The molecule has 0 spiro atoms. The summed E-state index contributed by atoms with van der Waals surface area (Å²) in [5.74, 6) is -3.16. The number of esters is 1. The number of anilines is 1. The van der Waals surface area contributed by atoms with Crippen LogP contribution in [0.4, 0.5) is 10.1 Å². The molecule has 7 nitrogen and oxygen atoms in total. The molecule has 1 atom stereocenters. The highest BCUT2D eigenvalue weighted by atomic mass is 19.1. The minimum atomic E-state index is -0.893. The zero-order chi connectivity index (χ0) is 23.8. The highest BCUT2D eigenvalue weighted by Crippen LogP contribution is 2.20. The maximum atomic E-state index is 13.9. The normalized spacial score (nSPS) is 11.5. The lowest BCUT2D eigenvalue weighted by atomic mass is 9.97. The van der Waals surface area contributed by atoms with Crippen molar-refractivity contribution in [3.63, 3.8) is 0 Å². The fourth-order valence-corrected chi connectivity index (χ4v) is 3.24. The van der Waals surface area contributed by atoms with E-state index in [0.717, 1.165) is 17.2 Å². The van der Waals surface area contributed by atoms with Crippen LogP contribution in [0.1, 0.15) is 33.0 Å². The number of rotatable bonds is 9. The Morgan fingerprint density at radius 3 is 2.24 bits per heavy atom. The largest absolute Gasteiger partial charge is 0.461 e. The molecule has 3 rings (SSSR count). The van der Waals surface area contributed by atoms with E-state index in [2.05, 4.69) is 5.32 Å². The van der Waals surface area contributed by atoms with E-state index in [1.54, 1.807) is 24.3 Å². The van der Waals surface area contributed by atoms with Crippen LogP contribution in [0.2, 0.25) is 0 Å². The fraction of sp³-hybridized carbons (Fsp3) is 0.160. The molecule has 0 aromatic heterocycles. The standard InChI is InChI=1S/C25H24FN3O4/c26-22-13-19(10-11-20(22)24(28)31)29-25(32)21(14-27)18-8-6-17(7-9-18)15-33-23(30)12-16-4-2-1-3-5-16/h1-11,13,21H,12,14-15,27H2,(H2,28,31)(H,29,32). The molecule has 0 saturated heterocycles. The van der Waals surface area contributed by atoms with Gasteiger partial charge in [0.05, 0.1) is 17.9 Å². The minimum Gasteiger partial charge on any atom is -0.461 e. The Labute approximate surface area is 190 Å². The number of ether oxygens (including phenoxy) is 1. The Morgan fingerprint density at radius 2 is 1.64 bits per heavy atom. The first-order chi connectivity index (χ1) is 15.9. The van der Waals surface area contributed by atoms with E-state index in [9.17, 15) is 18.8 Å². The molecule has 0 aliphatic rings. The van der Waals surface area contributed by atoms with Crippen LogP contribution in [0, 0.1) is 5.82 Å². The molecular weight excluding hydrogens is 425 g/mol. The lowest BCUT2D eigenvalue weighted by Crippen LogP contribution is -2.27. The van der Waals surface area contributed by atoms with Gasteiger partial charge in [-0.25, -0.2) is 4.39 Å². The number of halogens is 1. The van der Waals surface area contributed by atoms with Crippen molar-refractivity contribution >= 4 is 23.5 Å². The summed E-state index contributed by atoms with van der Waals surface area (Å²) in [6.45, 7) is 0.135. The molecule has 5 N–H and O–H groups in total. The Kier molecular flexibility index (Phi) is 7.88. The van der Waals surface area contributed by atoms with Gasteiger partial charge in [0.25, 0.3) is 5.91 Å². The summed E-state index contributed by atoms with van der Waals surface area (Å²) in [6, 6.07) is 19.9. The van der Waals surface area contributed by atoms with Crippen molar-refractivity contribution in [3.8, 4) is 0 Å². The summed E-state index contributed by atoms with van der Waals surface area (Å²) in [6.07, 6.45) is 0.190. The van der Waals surface area contributed by atoms with E-state index in [4.69, 9.17) is 16.2 Å². The Morgan fingerprint density at radius 1 is 0.939 bits per heavy atom. The number of hydrogen-bond acceptors (Lipinski definition) is 5. The molecule has 8 heteroatoms. The van der Waals surface area contributed by atoms with Crippen LogP contribution < -0.4 is 16.8 Å². The third kappa shape index (κ3) is 6.47. The topological polar surface area (TPSA) is 125 Å². The average molecular weight is 449 g/mol. The zero-order valence-electron chi connectivity index (χ0n) is 17.8. The van der Waals surface area contributed by atoms with Crippen LogP contribution in [-0.4, -0.2) is 24.3 Å². The van der Waals surface area contributed by atoms with Crippen molar-refractivity contribution in [2.45, 2.75) is 18.9 Å². The van der Waals surface area contributed by atoms with Gasteiger partial charge in [0.15, 0.2) is 0 Å². The Balaban J connectivity index is 1.58. The van der Waals surface area contributed by atoms with Gasteiger partial charge < -0.3 is 21.5 Å². The molecule has 0 aliphatic heterocycles. The van der Waals surface area contributed by atoms with Gasteiger partial charge in [-0.2, -0.15) is 0 Å². The molecule has 0 radical (unpaired) electrons. The van der Waals surface area contributed by atoms with Crippen LogP contribution in [0.5, 0.6) is 0 Å². The van der Waals surface area contributed by atoms with Gasteiger partial charge in [0.1, 0.15) is 12.4 Å². The van der Waals surface area contributed by atoms with Crippen LogP contribution in [0.15, 0.2) is 72.8 Å². The van der Waals surface area contributed by atoms with Gasteiger partial charge in [-0.1, -0.05) is 54.6 Å². The highest BCUT2D eigenvalue weighted by Gasteiger charge is 2.20. The number of nitrogens with one attached hydrogen (secondary N) is 1. The number of primary amides is 1. The Bertz CT molecular complexity index is 1130. The van der Waals surface area contributed by atoms with Crippen molar-refractivity contribution < 1.29 is 23.5 Å². The summed E-state index contributed by atoms with van der Waals surface area (Å²) in [7, 11) is 0. The van der Waals surface area contributed by atoms with Gasteiger partial charge in [0.2, 0.25) is 5.91 Å². The predicted molar refractivity (Wildman–Crippen MR) is 122 cm³/mol. The van der Waals surface area contributed by atoms with Gasteiger partial charge in [-0.15, -0.1) is 0 Å². The van der Waals surface area contributed by atoms with Gasteiger partial charge in [-0.3, -0.25) is 14.4 Å². The van der Waals surface area contributed by atoms with Crippen molar-refractivity contribution in [1.82, 2.24) is 0 Å². The van der Waals surface area contributed by atoms with E-state index in [1.807, 2.05) is 30.3 Å². The lowest BCUT2D eigenvalue weighted by Gasteiger charge is -2.16. The second-order valence-electron chi connectivity index (χ2n) is 7.40. The fourth-order valence-electron chi connectivity index (χ4n) is 3.24. The number of carbonyl (C=O) groups is 3. The molecule has 0 fully saturated rings. The molecule has 0 bridgehead atoms. The number of nitrogens with two attached hydrogens (primary N) is 2. The molecule has 3 aromatic carbocycles. The second kappa shape index (κ2) is 11.0. The van der Waals surface area contributed by atoms with E-state index in [0.29, 0.717) is 5.56 Å². The van der Waals surface area contributed by atoms with Crippen molar-refractivity contribution in [3.05, 3.63) is 101 Å². The lowest BCUT2D eigenvalue weighted by molar-refractivity contribution is -0.144. The third-order valence-electron chi connectivity index (χ3n) is 5.03. The van der Waals surface area contributed by atoms with E-state index >= 15 is 0 Å². The molecule has 0 heterocycles. The van der Waals surface area contributed by atoms with Gasteiger partial charge in [-0.05, 0) is 34.9 Å². The summed E-state index contributed by atoms with van der Waals surface area (Å²) in [5.41, 5.74) is 13.1. The average Bonchev–Trinajstić information content (AvgIpc) is 2.79. The first kappa shape index (κ1) is 23.6. The summed E-state index contributed by atoms with van der Waals surface area (Å²) in [4.78, 5) is 35.8. The van der Waals surface area contributed by atoms with Crippen molar-refractivity contribution in [1.29, 1.82) is 0 Å². The van der Waals surface area contributed by atoms with E-state index < -0.39 is 23.5 Å². The van der Waals surface area contributed by atoms with E-state index in [-0.39, 0.29) is 36.8 Å². The molecule has 0 saturated carbocycles. The second-order valence-corrected chi connectivity index (χ2v) is 7.40. The van der Waals surface area contributed by atoms with Crippen LogP contribution in [-0.2, 0) is 27.4 Å². The number of benzene rings is 3. The van der Waals surface area contributed by atoms with E-state index in [1.165, 1.54) is 12.1 Å². The molecule has 1 unspecified atom stereocenters. The molecule has 0 aliphatic carbocycles. The van der Waals surface area contributed by atoms with Crippen LogP contribution in [0.25, 0.3) is 0 Å². The monoisotopic (exact) mass is 449 g/mol. The summed E-state index contributed by atoms with van der Waals surface area (Å²) < 4.78 is 19.3. The van der Waals surface area contributed by atoms with Gasteiger partial charge >= 0.3 is 5.97 Å². The van der Waals surface area contributed by atoms with Crippen molar-refractivity contribution in [2.24, 2.45) is 11.5 Å². The Hall–Kier alpha value is -4.04. The van der Waals surface area contributed by atoms with Crippen LogP contribution in [0.3, 0.4) is 0 Å². The SMILES string of the molecule is NCC(C(=O)Nc1ccc(C(N)=O)c(F)c1)c1ccc(COC(=O)Cc2ccccc2)cc1. The smallest absolute Gasteiger partial charge is 0.310 e. The number of amides is 2. The number of hydrogen-bond donors (Lipinski definition) is 3. The van der Waals surface area contributed by atoms with Crippen LogP contribution >= 0.6 is 0 Å². The molecule has 3 aromatic rings. The summed E-state index contributed by atoms with van der Waals surface area (Å²) >= 11 is 0. The quantitative estimate of drug-likeness (QED) is 0.433. The first-order valence-corrected chi connectivity index (χ1v) is 10.3. The predicted octanol–water partition coefficient (Wildman–Crippen LogP) is 2.89. The minimum absolute atomic E-state index is 0.0269. The molecule has 2 amide bonds. The number of carbonyl (C=O) groups excluding carboxylic acids is 3. The van der Waals surface area contributed by atoms with Crippen molar-refractivity contribution in [2.75, 3.05) is 11.9 Å². The third-order valence-corrected chi connectivity index (χ3v) is 5.03. The first-order valence-electron chi connectivity index (χ1n) is 10.3. The maximum absolute atomic E-state index is 13.9. The molecular formula is C25H24FN3O4. The van der Waals surface area contributed by atoms with Gasteiger partial charge in [0, 0.05) is 12.2 Å². The summed E-state index contributed by atoms with van der Waals surface area (Å²) in [5, 5.41) is 2.60. The zero-order valence-corrected chi connectivity index (χ0v) is 17.8. The molecule has 33 heavy (non-hydrogen) atoms.